The SMILES string of the molecule is CC(=O)CCc1ccc(OCc2ccccc2Oc2ccccc2F)c(F)c1. The lowest BCUT2D eigenvalue weighted by Gasteiger charge is -2.13. The summed E-state index contributed by atoms with van der Waals surface area (Å²) in [5.41, 5.74) is 1.40. The summed E-state index contributed by atoms with van der Waals surface area (Å²) in [4.78, 5) is 11.1. The van der Waals surface area contributed by atoms with Gasteiger partial charge in [0.1, 0.15) is 18.1 Å². The predicted molar refractivity (Wildman–Crippen MR) is 103 cm³/mol. The van der Waals surface area contributed by atoms with Crippen LogP contribution in [0.5, 0.6) is 17.2 Å². The Hall–Kier alpha value is -3.21. The number of rotatable bonds is 8. The first-order valence-electron chi connectivity index (χ1n) is 8.94. The maximum Gasteiger partial charge on any atom is 0.165 e. The molecule has 0 N–H and O–H groups in total. The number of carbonyl (C=O) groups excluding carboxylic acids is 1. The van der Waals surface area contributed by atoms with Crippen LogP contribution >= 0.6 is 0 Å². The van der Waals surface area contributed by atoms with Crippen LogP contribution in [-0.2, 0) is 17.8 Å². The van der Waals surface area contributed by atoms with Crippen molar-refractivity contribution in [2.24, 2.45) is 0 Å². The van der Waals surface area contributed by atoms with Crippen LogP contribution in [0.3, 0.4) is 0 Å². The highest BCUT2D eigenvalue weighted by Crippen LogP contribution is 2.28. The summed E-state index contributed by atoms with van der Waals surface area (Å²) in [7, 11) is 0. The molecule has 0 saturated carbocycles. The molecule has 3 rings (SSSR count). The Bertz CT molecular complexity index is 970. The standard InChI is InChI=1S/C23H20F2O3/c1-16(26)10-11-17-12-13-22(20(25)14-17)27-15-18-6-2-4-8-21(18)28-23-9-5-3-7-19(23)24/h2-9,12-14H,10-11,15H2,1H3. The van der Waals surface area contributed by atoms with Crippen molar-refractivity contribution in [1.82, 2.24) is 0 Å². The smallest absolute Gasteiger partial charge is 0.165 e. The second-order valence-corrected chi connectivity index (χ2v) is 6.40. The van der Waals surface area contributed by atoms with Crippen molar-refractivity contribution in [3.8, 4) is 17.2 Å². The minimum Gasteiger partial charge on any atom is -0.486 e. The second-order valence-electron chi connectivity index (χ2n) is 6.40. The van der Waals surface area contributed by atoms with Crippen molar-refractivity contribution in [3.63, 3.8) is 0 Å². The van der Waals surface area contributed by atoms with Gasteiger partial charge < -0.3 is 14.3 Å². The molecular formula is C23H20F2O3. The summed E-state index contributed by atoms with van der Waals surface area (Å²) in [6.45, 7) is 1.57. The minimum absolute atomic E-state index is 0.0622. The van der Waals surface area contributed by atoms with E-state index in [-0.39, 0.29) is 23.9 Å². The van der Waals surface area contributed by atoms with Crippen LogP contribution in [0.4, 0.5) is 8.78 Å². The molecule has 0 unspecified atom stereocenters. The Balaban J connectivity index is 1.70. The van der Waals surface area contributed by atoms with Gasteiger partial charge >= 0.3 is 0 Å². The lowest BCUT2D eigenvalue weighted by atomic mass is 10.1. The van der Waals surface area contributed by atoms with Gasteiger partial charge in [-0.1, -0.05) is 36.4 Å². The minimum atomic E-state index is -0.492. The molecule has 0 atom stereocenters. The summed E-state index contributed by atoms with van der Waals surface area (Å²) < 4.78 is 39.4. The largest absolute Gasteiger partial charge is 0.486 e. The van der Waals surface area contributed by atoms with Gasteiger partial charge in [0, 0.05) is 12.0 Å². The Kier molecular flexibility index (Phi) is 6.37. The number of hydrogen-bond donors (Lipinski definition) is 0. The van der Waals surface area contributed by atoms with Crippen LogP contribution in [0.1, 0.15) is 24.5 Å². The number of aryl methyl sites for hydroxylation is 1. The third kappa shape index (κ3) is 5.16. The Morgan fingerprint density at radius 3 is 2.29 bits per heavy atom. The van der Waals surface area contributed by atoms with E-state index >= 15 is 0 Å². The van der Waals surface area contributed by atoms with E-state index in [0.29, 0.717) is 24.2 Å². The summed E-state index contributed by atoms with van der Waals surface area (Å²) in [5.74, 6) is -0.250. The molecule has 0 amide bonds. The van der Waals surface area contributed by atoms with Crippen LogP contribution < -0.4 is 9.47 Å². The summed E-state index contributed by atoms with van der Waals surface area (Å²) >= 11 is 0. The Labute approximate surface area is 162 Å². The zero-order valence-electron chi connectivity index (χ0n) is 15.5. The highest BCUT2D eigenvalue weighted by molar-refractivity contribution is 5.75. The van der Waals surface area contributed by atoms with E-state index in [1.165, 1.54) is 25.1 Å². The van der Waals surface area contributed by atoms with Gasteiger partial charge in [-0.2, -0.15) is 0 Å². The molecule has 0 spiro atoms. The fourth-order valence-corrected chi connectivity index (χ4v) is 2.66. The molecule has 0 bridgehead atoms. The molecule has 0 radical (unpaired) electrons. The molecule has 0 fully saturated rings. The number of ether oxygens (including phenoxy) is 2. The Morgan fingerprint density at radius 1 is 0.857 bits per heavy atom. The van der Waals surface area contributed by atoms with E-state index < -0.39 is 11.6 Å². The van der Waals surface area contributed by atoms with E-state index in [1.807, 2.05) is 0 Å². The van der Waals surface area contributed by atoms with Crippen molar-refractivity contribution in [2.75, 3.05) is 0 Å². The summed E-state index contributed by atoms with van der Waals surface area (Å²) in [6, 6.07) is 17.8. The highest BCUT2D eigenvalue weighted by atomic mass is 19.1. The number of benzene rings is 3. The second kappa shape index (κ2) is 9.13. The average Bonchev–Trinajstić information content (AvgIpc) is 2.68. The topological polar surface area (TPSA) is 35.5 Å². The van der Waals surface area contributed by atoms with E-state index in [9.17, 15) is 13.6 Å². The van der Waals surface area contributed by atoms with Crippen LogP contribution in [-0.4, -0.2) is 5.78 Å². The quantitative estimate of drug-likeness (QED) is 0.490. The van der Waals surface area contributed by atoms with Crippen LogP contribution in [0.2, 0.25) is 0 Å². The maximum absolute atomic E-state index is 14.3. The molecule has 0 aliphatic rings. The molecule has 0 aliphatic carbocycles. The Morgan fingerprint density at radius 2 is 1.57 bits per heavy atom. The van der Waals surface area contributed by atoms with Crippen molar-refractivity contribution in [2.45, 2.75) is 26.4 Å². The van der Waals surface area contributed by atoms with Gasteiger partial charge in [0.05, 0.1) is 0 Å². The highest BCUT2D eigenvalue weighted by Gasteiger charge is 2.11. The van der Waals surface area contributed by atoms with Crippen molar-refractivity contribution >= 4 is 5.78 Å². The normalized spacial score (nSPS) is 10.5. The van der Waals surface area contributed by atoms with E-state index in [2.05, 4.69) is 0 Å². The first kappa shape index (κ1) is 19.5. The molecule has 0 aromatic heterocycles. The fourth-order valence-electron chi connectivity index (χ4n) is 2.66. The van der Waals surface area contributed by atoms with Gasteiger partial charge in [-0.25, -0.2) is 8.78 Å². The number of ketones is 1. The number of carbonyl (C=O) groups is 1. The summed E-state index contributed by atoms with van der Waals surface area (Å²) in [5, 5.41) is 0. The monoisotopic (exact) mass is 382 g/mol. The maximum atomic E-state index is 14.3. The zero-order valence-corrected chi connectivity index (χ0v) is 15.5. The molecule has 3 aromatic rings. The zero-order chi connectivity index (χ0) is 19.9. The molecule has 28 heavy (non-hydrogen) atoms. The van der Waals surface area contributed by atoms with Crippen molar-refractivity contribution < 1.29 is 23.0 Å². The predicted octanol–water partition coefficient (Wildman–Crippen LogP) is 5.86. The van der Waals surface area contributed by atoms with Crippen LogP contribution in [0, 0.1) is 11.6 Å². The number of hydrogen-bond acceptors (Lipinski definition) is 3. The molecule has 0 aliphatic heterocycles. The van der Waals surface area contributed by atoms with Crippen molar-refractivity contribution in [3.05, 3.63) is 89.5 Å². The molecular weight excluding hydrogens is 362 g/mol. The van der Waals surface area contributed by atoms with Gasteiger partial charge in [0.15, 0.2) is 23.1 Å². The first-order chi connectivity index (χ1) is 13.5. The van der Waals surface area contributed by atoms with E-state index in [1.54, 1.807) is 48.5 Å². The first-order valence-corrected chi connectivity index (χ1v) is 8.94. The molecule has 3 aromatic carbocycles. The molecule has 5 heteroatoms. The van der Waals surface area contributed by atoms with E-state index in [4.69, 9.17) is 9.47 Å². The van der Waals surface area contributed by atoms with Gasteiger partial charge in [-0.3, -0.25) is 0 Å². The number of Topliss-reactive ketones (excluding diaryl/α,β-unsaturated/α-hetero) is 1. The van der Waals surface area contributed by atoms with Gasteiger partial charge in [0.25, 0.3) is 0 Å². The van der Waals surface area contributed by atoms with Gasteiger partial charge in [-0.15, -0.1) is 0 Å². The lowest BCUT2D eigenvalue weighted by molar-refractivity contribution is -0.116. The number of para-hydroxylation sites is 2. The average molecular weight is 382 g/mol. The van der Waals surface area contributed by atoms with Gasteiger partial charge in [-0.05, 0) is 49.2 Å². The molecule has 0 saturated heterocycles. The third-order valence-corrected chi connectivity index (χ3v) is 4.17. The van der Waals surface area contributed by atoms with Crippen molar-refractivity contribution in [1.29, 1.82) is 0 Å². The summed E-state index contributed by atoms with van der Waals surface area (Å²) in [6.07, 6.45) is 0.867. The fraction of sp³-hybridized carbons (Fsp3) is 0.174. The molecule has 0 heterocycles. The van der Waals surface area contributed by atoms with Gasteiger partial charge in [0.2, 0.25) is 0 Å². The lowest BCUT2D eigenvalue weighted by Crippen LogP contribution is -2.01. The molecule has 144 valence electrons. The third-order valence-electron chi connectivity index (χ3n) is 4.17. The van der Waals surface area contributed by atoms with Crippen LogP contribution in [0.25, 0.3) is 0 Å². The number of halogens is 2. The molecule has 3 nitrogen and oxygen atoms in total. The van der Waals surface area contributed by atoms with Crippen LogP contribution in [0.15, 0.2) is 66.7 Å². The van der Waals surface area contributed by atoms with E-state index in [0.717, 1.165) is 5.56 Å².